The van der Waals surface area contributed by atoms with Gasteiger partial charge in [0.2, 0.25) is 5.70 Å². The van der Waals surface area contributed by atoms with Crippen molar-refractivity contribution in [2.45, 2.75) is 71.1 Å². The Balaban J connectivity index is 3.98. The van der Waals surface area contributed by atoms with E-state index >= 15 is 0 Å². The van der Waals surface area contributed by atoms with Crippen LogP contribution < -0.4 is 0 Å². The normalized spacial score (nSPS) is 12.3. The predicted octanol–water partition coefficient (Wildman–Crippen LogP) is 5.38. The third kappa shape index (κ3) is 13.3. The molecule has 0 saturated carbocycles. The summed E-state index contributed by atoms with van der Waals surface area (Å²) < 4.78 is 0. The van der Waals surface area contributed by atoms with Gasteiger partial charge in [-0.05, 0) is 44.6 Å². The first kappa shape index (κ1) is 20.3. The molecule has 0 aliphatic heterocycles. The topological polar surface area (TPSA) is 60.2 Å². The van der Waals surface area contributed by atoms with Crippen molar-refractivity contribution in [3.05, 3.63) is 46.2 Å². The molecule has 0 aliphatic rings. The molecule has 0 aromatic heterocycles. The highest BCUT2D eigenvalue weighted by molar-refractivity contribution is 5.48. The molecule has 22 heavy (non-hydrogen) atoms. The molecule has 0 fully saturated rings. The summed E-state index contributed by atoms with van der Waals surface area (Å²) in [6, 6.07) is 0. The van der Waals surface area contributed by atoms with Crippen molar-refractivity contribution in [3.63, 3.8) is 0 Å². The molecule has 0 unspecified atom stereocenters. The number of aldehydes is 1. The quantitative estimate of drug-likeness (QED) is 0.142. The fourth-order valence-electron chi connectivity index (χ4n) is 1.97. The van der Waals surface area contributed by atoms with Gasteiger partial charge in [0.05, 0.1) is 11.3 Å². The highest BCUT2D eigenvalue weighted by Crippen LogP contribution is 2.08. The van der Waals surface area contributed by atoms with E-state index in [2.05, 4.69) is 13.0 Å². The van der Waals surface area contributed by atoms with E-state index in [9.17, 15) is 14.9 Å². The molecule has 0 atom stereocenters. The zero-order valence-electron chi connectivity index (χ0n) is 13.7. The van der Waals surface area contributed by atoms with Gasteiger partial charge in [0.15, 0.2) is 0 Å². The molecule has 0 saturated heterocycles. The second-order valence-corrected chi connectivity index (χ2v) is 5.28. The molecule has 0 rings (SSSR count). The second-order valence-electron chi connectivity index (χ2n) is 5.28. The second kappa shape index (κ2) is 15.7. The van der Waals surface area contributed by atoms with Gasteiger partial charge in [-0.3, -0.25) is 10.1 Å². The Labute approximate surface area is 134 Å². The average Bonchev–Trinajstić information content (AvgIpc) is 2.50. The minimum atomic E-state index is -0.304. The first-order valence-corrected chi connectivity index (χ1v) is 8.29. The maximum atomic E-state index is 11.0. The summed E-state index contributed by atoms with van der Waals surface area (Å²) in [6.07, 6.45) is 19.5. The lowest BCUT2D eigenvalue weighted by Gasteiger charge is -1.95. The molecule has 0 spiro atoms. The third-order valence-corrected chi connectivity index (χ3v) is 3.30. The Kier molecular flexibility index (Phi) is 14.5. The van der Waals surface area contributed by atoms with Crippen molar-refractivity contribution in [2.75, 3.05) is 0 Å². The van der Waals surface area contributed by atoms with Crippen LogP contribution in [0.25, 0.3) is 0 Å². The molecule has 4 nitrogen and oxygen atoms in total. The number of carbonyl (C=O) groups is 1. The fourth-order valence-corrected chi connectivity index (χ4v) is 1.97. The summed E-state index contributed by atoms with van der Waals surface area (Å²) in [6.45, 7) is 2.17. The van der Waals surface area contributed by atoms with Crippen LogP contribution in [0.15, 0.2) is 36.1 Å². The van der Waals surface area contributed by atoms with E-state index in [1.165, 1.54) is 19.3 Å². The number of nitro groups is 1. The molecule has 0 amide bonds. The SMILES string of the molecule is CCCCC/C=C/C/C=C(/C/C=C/CCCCC=O)[N+](=O)[O-]. The zero-order chi connectivity index (χ0) is 16.5. The minimum absolute atomic E-state index is 0.252. The number of nitrogens with zero attached hydrogens (tertiary/aromatic N) is 1. The van der Waals surface area contributed by atoms with Crippen molar-refractivity contribution in [2.24, 2.45) is 0 Å². The van der Waals surface area contributed by atoms with Gasteiger partial charge in [0, 0.05) is 6.42 Å². The van der Waals surface area contributed by atoms with Gasteiger partial charge in [-0.25, -0.2) is 0 Å². The van der Waals surface area contributed by atoms with Gasteiger partial charge >= 0.3 is 0 Å². The standard InChI is InChI=1S/C18H29NO3/c1-2-3-4-5-6-9-12-15-18(19(21)22)16-13-10-7-8-11-14-17-20/h6,9-10,13,15,17H,2-5,7-8,11-12,14,16H2,1H3/b9-6+,13-10+,18-15-. The third-order valence-electron chi connectivity index (χ3n) is 3.30. The van der Waals surface area contributed by atoms with E-state index < -0.39 is 0 Å². The first-order chi connectivity index (χ1) is 10.7. The van der Waals surface area contributed by atoms with Gasteiger partial charge in [-0.1, -0.05) is 44.1 Å². The summed E-state index contributed by atoms with van der Waals surface area (Å²) in [5.74, 6) is 0. The van der Waals surface area contributed by atoms with Crippen LogP contribution in [0.3, 0.4) is 0 Å². The smallest absolute Gasteiger partial charge is 0.246 e. The van der Waals surface area contributed by atoms with E-state index in [0.717, 1.165) is 32.0 Å². The Morgan fingerprint density at radius 1 is 0.955 bits per heavy atom. The van der Waals surface area contributed by atoms with Crippen LogP contribution in [0, 0.1) is 10.1 Å². The number of unbranched alkanes of at least 4 members (excludes halogenated alkanes) is 6. The van der Waals surface area contributed by atoms with Crippen molar-refractivity contribution >= 4 is 6.29 Å². The summed E-state index contributed by atoms with van der Waals surface area (Å²) in [7, 11) is 0. The lowest BCUT2D eigenvalue weighted by atomic mass is 10.1. The maximum Gasteiger partial charge on any atom is 0.246 e. The molecule has 0 heterocycles. The molecular formula is C18H29NO3. The number of carbonyl (C=O) groups excluding carboxylic acids is 1. The number of allylic oxidation sites excluding steroid dienone is 5. The molecule has 4 heteroatoms. The van der Waals surface area contributed by atoms with Crippen LogP contribution in [0.4, 0.5) is 0 Å². The number of rotatable bonds is 14. The average molecular weight is 307 g/mol. The molecule has 0 bridgehead atoms. The maximum absolute atomic E-state index is 11.0. The van der Waals surface area contributed by atoms with Gasteiger partial charge in [-0.2, -0.15) is 0 Å². The van der Waals surface area contributed by atoms with Crippen LogP contribution in [0.2, 0.25) is 0 Å². The number of hydrogen-bond acceptors (Lipinski definition) is 3. The van der Waals surface area contributed by atoms with E-state index in [1.807, 2.05) is 18.2 Å². The predicted molar refractivity (Wildman–Crippen MR) is 91.3 cm³/mol. The molecular weight excluding hydrogens is 278 g/mol. The van der Waals surface area contributed by atoms with E-state index in [4.69, 9.17) is 0 Å². The Morgan fingerprint density at radius 3 is 2.23 bits per heavy atom. The van der Waals surface area contributed by atoms with Gasteiger partial charge in [0.25, 0.3) is 0 Å². The summed E-state index contributed by atoms with van der Waals surface area (Å²) in [4.78, 5) is 20.8. The minimum Gasteiger partial charge on any atom is -0.303 e. The number of hydrogen-bond donors (Lipinski definition) is 0. The Hall–Kier alpha value is -1.71. The van der Waals surface area contributed by atoms with Gasteiger partial charge < -0.3 is 4.79 Å². The van der Waals surface area contributed by atoms with Crippen molar-refractivity contribution in [3.8, 4) is 0 Å². The van der Waals surface area contributed by atoms with Crippen LogP contribution in [-0.2, 0) is 4.79 Å². The molecule has 0 aliphatic carbocycles. The summed E-state index contributed by atoms with van der Waals surface area (Å²) >= 11 is 0. The van der Waals surface area contributed by atoms with Crippen LogP contribution >= 0.6 is 0 Å². The highest BCUT2D eigenvalue weighted by atomic mass is 16.6. The lowest BCUT2D eigenvalue weighted by Crippen LogP contribution is -1.97. The van der Waals surface area contributed by atoms with Crippen molar-refractivity contribution in [1.82, 2.24) is 0 Å². The monoisotopic (exact) mass is 307 g/mol. The molecule has 124 valence electrons. The molecule has 0 aromatic carbocycles. The van der Waals surface area contributed by atoms with Crippen LogP contribution in [0.1, 0.15) is 71.1 Å². The molecule has 0 radical (unpaired) electrons. The Morgan fingerprint density at radius 2 is 1.59 bits per heavy atom. The zero-order valence-corrected chi connectivity index (χ0v) is 13.7. The van der Waals surface area contributed by atoms with E-state index in [0.29, 0.717) is 19.3 Å². The summed E-state index contributed by atoms with van der Waals surface area (Å²) in [5, 5.41) is 11.0. The van der Waals surface area contributed by atoms with Crippen LogP contribution in [-0.4, -0.2) is 11.2 Å². The van der Waals surface area contributed by atoms with Crippen LogP contribution in [0.5, 0.6) is 0 Å². The van der Waals surface area contributed by atoms with Crippen molar-refractivity contribution < 1.29 is 9.72 Å². The van der Waals surface area contributed by atoms with Gasteiger partial charge in [-0.15, -0.1) is 0 Å². The summed E-state index contributed by atoms with van der Waals surface area (Å²) in [5.41, 5.74) is 0.252. The van der Waals surface area contributed by atoms with Crippen molar-refractivity contribution in [1.29, 1.82) is 0 Å². The largest absolute Gasteiger partial charge is 0.303 e. The fraction of sp³-hybridized carbons (Fsp3) is 0.611. The molecule has 0 N–H and O–H groups in total. The first-order valence-electron chi connectivity index (χ1n) is 8.29. The lowest BCUT2D eigenvalue weighted by molar-refractivity contribution is -0.427. The van der Waals surface area contributed by atoms with E-state index in [1.54, 1.807) is 6.08 Å². The highest BCUT2D eigenvalue weighted by Gasteiger charge is 2.06. The Bertz CT molecular complexity index is 384. The van der Waals surface area contributed by atoms with Gasteiger partial charge in [0.1, 0.15) is 6.29 Å². The molecule has 0 aromatic rings. The van der Waals surface area contributed by atoms with E-state index in [-0.39, 0.29) is 10.6 Å².